The minimum Gasteiger partial charge on any atom is -0.497 e. The monoisotopic (exact) mass is 355 g/mol. The molecule has 0 amide bonds. The van der Waals surface area contributed by atoms with Gasteiger partial charge in [-0.05, 0) is 26.0 Å². The molecular formula is C19H18FN3O3. The van der Waals surface area contributed by atoms with Crippen molar-refractivity contribution in [3.05, 3.63) is 41.2 Å². The van der Waals surface area contributed by atoms with Crippen LogP contribution in [0.15, 0.2) is 24.3 Å². The van der Waals surface area contributed by atoms with Crippen molar-refractivity contribution in [2.24, 2.45) is 0 Å². The van der Waals surface area contributed by atoms with E-state index in [1.165, 1.54) is 7.11 Å². The van der Waals surface area contributed by atoms with E-state index in [2.05, 4.69) is 5.32 Å². The molecule has 0 radical (unpaired) electrons. The van der Waals surface area contributed by atoms with Gasteiger partial charge < -0.3 is 19.5 Å². The zero-order valence-corrected chi connectivity index (χ0v) is 14.7. The number of nitrogens with zero attached hydrogens (tertiary/aromatic N) is 2. The molecule has 26 heavy (non-hydrogen) atoms. The fourth-order valence-electron chi connectivity index (χ4n) is 2.41. The summed E-state index contributed by atoms with van der Waals surface area (Å²) < 4.78 is 30.8. The minimum atomic E-state index is -0.912. The molecule has 1 N–H and O–H groups in total. The van der Waals surface area contributed by atoms with E-state index in [9.17, 15) is 14.9 Å². The second-order valence-electron chi connectivity index (χ2n) is 5.04. The van der Waals surface area contributed by atoms with Gasteiger partial charge in [-0.1, -0.05) is 6.07 Å². The topological polar surface area (TPSA) is 87.3 Å². The van der Waals surface area contributed by atoms with Crippen LogP contribution in [0, 0.1) is 28.5 Å². The maximum Gasteiger partial charge on any atom is 0.200 e. The Morgan fingerprint density at radius 1 is 1.04 bits per heavy atom. The first-order chi connectivity index (χ1) is 12.6. The molecule has 0 unspecified atom stereocenters. The van der Waals surface area contributed by atoms with Crippen LogP contribution in [0.5, 0.6) is 17.2 Å². The summed E-state index contributed by atoms with van der Waals surface area (Å²) >= 11 is 0. The Labute approximate surface area is 151 Å². The predicted octanol–water partition coefficient (Wildman–Crippen LogP) is 4.12. The highest BCUT2D eigenvalue weighted by Gasteiger charge is 2.27. The lowest BCUT2D eigenvalue weighted by molar-refractivity contribution is 0.276. The molecule has 0 heterocycles. The zero-order chi connectivity index (χ0) is 19.1. The van der Waals surface area contributed by atoms with Gasteiger partial charge in [0.05, 0.1) is 20.3 Å². The standard InChI is InChI=1S/C19H18FN3O3/c1-4-25-18-16(20)14(10-21)15(11-22)17(19(18)26-5-2)23-12-7-6-8-13(9-12)24-3/h6-9,23H,4-5H2,1-3H3. The molecular weight excluding hydrogens is 337 g/mol. The van der Waals surface area contributed by atoms with Crippen molar-refractivity contribution >= 4 is 11.4 Å². The molecule has 134 valence electrons. The van der Waals surface area contributed by atoms with E-state index in [1.54, 1.807) is 44.2 Å². The first-order valence-corrected chi connectivity index (χ1v) is 7.97. The van der Waals surface area contributed by atoms with Crippen LogP contribution < -0.4 is 19.5 Å². The minimum absolute atomic E-state index is 0.0465. The maximum absolute atomic E-state index is 14.7. The second kappa shape index (κ2) is 8.59. The molecule has 2 aromatic rings. The third kappa shape index (κ3) is 3.62. The Morgan fingerprint density at radius 2 is 1.69 bits per heavy atom. The third-order valence-corrected chi connectivity index (χ3v) is 3.49. The number of halogens is 1. The van der Waals surface area contributed by atoms with Crippen molar-refractivity contribution in [3.8, 4) is 29.4 Å². The van der Waals surface area contributed by atoms with Crippen LogP contribution in [-0.2, 0) is 0 Å². The van der Waals surface area contributed by atoms with Crippen LogP contribution in [-0.4, -0.2) is 20.3 Å². The second-order valence-corrected chi connectivity index (χ2v) is 5.04. The highest BCUT2D eigenvalue weighted by molar-refractivity contribution is 5.80. The van der Waals surface area contributed by atoms with E-state index in [4.69, 9.17) is 14.2 Å². The van der Waals surface area contributed by atoms with Crippen molar-refractivity contribution in [1.82, 2.24) is 0 Å². The molecule has 0 saturated carbocycles. The predicted molar refractivity (Wildman–Crippen MR) is 94.4 cm³/mol. The molecule has 2 aromatic carbocycles. The summed E-state index contributed by atoms with van der Waals surface area (Å²) in [5.41, 5.74) is 0.202. The zero-order valence-electron chi connectivity index (χ0n) is 14.7. The number of ether oxygens (including phenoxy) is 3. The molecule has 2 rings (SSSR count). The molecule has 6 nitrogen and oxygen atoms in total. The quantitative estimate of drug-likeness (QED) is 0.804. The molecule has 0 aromatic heterocycles. The summed E-state index contributed by atoms with van der Waals surface area (Å²) in [6.07, 6.45) is 0. The van der Waals surface area contributed by atoms with E-state index >= 15 is 0 Å². The fraction of sp³-hybridized carbons (Fsp3) is 0.263. The smallest absolute Gasteiger partial charge is 0.200 e. The lowest BCUT2D eigenvalue weighted by atomic mass is 10.0. The molecule has 0 aliphatic heterocycles. The highest BCUT2D eigenvalue weighted by Crippen LogP contribution is 2.44. The van der Waals surface area contributed by atoms with Gasteiger partial charge in [0.2, 0.25) is 5.75 Å². The van der Waals surface area contributed by atoms with Crippen molar-refractivity contribution in [1.29, 1.82) is 10.5 Å². The van der Waals surface area contributed by atoms with Crippen LogP contribution in [0.3, 0.4) is 0 Å². The van der Waals surface area contributed by atoms with Crippen LogP contribution in [0.4, 0.5) is 15.8 Å². The molecule has 0 aliphatic carbocycles. The lowest BCUT2D eigenvalue weighted by Crippen LogP contribution is -2.08. The number of hydrogen-bond acceptors (Lipinski definition) is 6. The number of anilines is 2. The van der Waals surface area contributed by atoms with E-state index < -0.39 is 11.4 Å². The van der Waals surface area contributed by atoms with Crippen LogP contribution in [0.1, 0.15) is 25.0 Å². The van der Waals surface area contributed by atoms with Gasteiger partial charge in [0.15, 0.2) is 11.6 Å². The number of nitrogens with one attached hydrogen (secondary N) is 1. The number of hydrogen-bond donors (Lipinski definition) is 1. The molecule has 0 spiro atoms. The molecule has 0 bridgehead atoms. The molecule has 0 aliphatic rings. The van der Waals surface area contributed by atoms with Gasteiger partial charge in [-0.3, -0.25) is 0 Å². The van der Waals surface area contributed by atoms with Crippen molar-refractivity contribution in [3.63, 3.8) is 0 Å². The molecule has 0 saturated heterocycles. The molecule has 0 atom stereocenters. The van der Waals surface area contributed by atoms with Gasteiger partial charge in [0.1, 0.15) is 34.7 Å². The Bertz CT molecular complexity index is 885. The average Bonchev–Trinajstić information content (AvgIpc) is 2.66. The van der Waals surface area contributed by atoms with Crippen LogP contribution >= 0.6 is 0 Å². The maximum atomic E-state index is 14.7. The fourth-order valence-corrected chi connectivity index (χ4v) is 2.41. The Hall–Kier alpha value is -3.45. The van der Waals surface area contributed by atoms with Crippen molar-refractivity contribution < 1.29 is 18.6 Å². The Kier molecular flexibility index (Phi) is 6.24. The average molecular weight is 355 g/mol. The number of rotatable bonds is 7. The van der Waals surface area contributed by atoms with Gasteiger partial charge in [-0.15, -0.1) is 0 Å². The summed E-state index contributed by atoms with van der Waals surface area (Å²) in [6, 6.07) is 10.6. The summed E-state index contributed by atoms with van der Waals surface area (Å²) in [5.74, 6) is -0.467. The van der Waals surface area contributed by atoms with E-state index in [-0.39, 0.29) is 36.0 Å². The van der Waals surface area contributed by atoms with Crippen molar-refractivity contribution in [2.75, 3.05) is 25.6 Å². The van der Waals surface area contributed by atoms with Crippen molar-refractivity contribution in [2.45, 2.75) is 13.8 Å². The van der Waals surface area contributed by atoms with Gasteiger partial charge in [-0.2, -0.15) is 10.5 Å². The first-order valence-electron chi connectivity index (χ1n) is 7.97. The number of nitriles is 2. The first kappa shape index (κ1) is 18.9. The molecule has 0 fully saturated rings. The SMILES string of the molecule is CCOc1c(F)c(C#N)c(C#N)c(Nc2cccc(OC)c2)c1OCC. The van der Waals surface area contributed by atoms with Crippen LogP contribution in [0.2, 0.25) is 0 Å². The summed E-state index contributed by atoms with van der Waals surface area (Å²) in [4.78, 5) is 0. The molecule has 7 heteroatoms. The Balaban J connectivity index is 2.73. The largest absolute Gasteiger partial charge is 0.497 e. The van der Waals surface area contributed by atoms with E-state index in [0.29, 0.717) is 11.4 Å². The highest BCUT2D eigenvalue weighted by atomic mass is 19.1. The number of methoxy groups -OCH3 is 1. The summed E-state index contributed by atoms with van der Waals surface area (Å²) in [5, 5.41) is 21.9. The number of benzene rings is 2. The van der Waals surface area contributed by atoms with Crippen LogP contribution in [0.25, 0.3) is 0 Å². The lowest BCUT2D eigenvalue weighted by Gasteiger charge is -2.19. The normalized spacial score (nSPS) is 9.77. The van der Waals surface area contributed by atoms with Gasteiger partial charge in [-0.25, -0.2) is 4.39 Å². The van der Waals surface area contributed by atoms with E-state index in [0.717, 1.165) is 0 Å². The van der Waals surface area contributed by atoms with Gasteiger partial charge in [0.25, 0.3) is 0 Å². The Morgan fingerprint density at radius 3 is 2.27 bits per heavy atom. The van der Waals surface area contributed by atoms with E-state index in [1.807, 2.05) is 6.07 Å². The third-order valence-electron chi connectivity index (χ3n) is 3.49. The van der Waals surface area contributed by atoms with Gasteiger partial charge >= 0.3 is 0 Å². The van der Waals surface area contributed by atoms with Gasteiger partial charge in [0, 0.05) is 11.8 Å². The summed E-state index contributed by atoms with van der Waals surface area (Å²) in [6.45, 7) is 3.82. The summed E-state index contributed by atoms with van der Waals surface area (Å²) in [7, 11) is 1.53.